The summed E-state index contributed by atoms with van der Waals surface area (Å²) in [6.45, 7) is 13.3. The molecule has 21 heavy (non-hydrogen) atoms. The average Bonchev–Trinajstić information content (AvgIpc) is 2.95. The van der Waals surface area contributed by atoms with Gasteiger partial charge in [0.1, 0.15) is 5.82 Å². The van der Waals surface area contributed by atoms with Gasteiger partial charge in [-0.2, -0.15) is 0 Å². The fourth-order valence-corrected chi connectivity index (χ4v) is 3.14. The molecule has 0 aromatic carbocycles. The molecule has 4 nitrogen and oxygen atoms in total. The van der Waals surface area contributed by atoms with E-state index >= 15 is 0 Å². The highest BCUT2D eigenvalue weighted by Gasteiger charge is 2.26. The van der Waals surface area contributed by atoms with Gasteiger partial charge in [0.2, 0.25) is 0 Å². The monoisotopic (exact) mass is 290 g/mol. The molecule has 2 heterocycles. The summed E-state index contributed by atoms with van der Waals surface area (Å²) in [5.41, 5.74) is 1.18. The third kappa shape index (κ3) is 4.68. The van der Waals surface area contributed by atoms with Gasteiger partial charge >= 0.3 is 0 Å². The second-order valence-corrected chi connectivity index (χ2v) is 5.84. The molecule has 0 aliphatic carbocycles. The Morgan fingerprint density at radius 2 is 2.10 bits per heavy atom. The van der Waals surface area contributed by atoms with Crippen LogP contribution in [0.3, 0.4) is 0 Å². The molecule has 1 N–H and O–H groups in total. The van der Waals surface area contributed by atoms with Crippen molar-refractivity contribution in [2.24, 2.45) is 0 Å². The Bertz CT molecular complexity index is 417. The summed E-state index contributed by atoms with van der Waals surface area (Å²) in [5.74, 6) is 1.01. The Kier molecular flexibility index (Phi) is 6.46. The number of hydrogen-bond donors (Lipinski definition) is 1. The van der Waals surface area contributed by atoms with Crippen LogP contribution in [0.1, 0.15) is 39.3 Å². The van der Waals surface area contributed by atoms with E-state index in [1.54, 1.807) is 0 Å². The fraction of sp³-hybridized carbons (Fsp3) is 0.706. The van der Waals surface area contributed by atoms with E-state index in [-0.39, 0.29) is 0 Å². The number of likely N-dealkylation sites (N-methyl/N-ethyl adjacent to an activating group) is 1. The third-order valence-corrected chi connectivity index (χ3v) is 4.32. The van der Waals surface area contributed by atoms with Crippen molar-refractivity contribution in [2.75, 3.05) is 38.0 Å². The highest BCUT2D eigenvalue weighted by molar-refractivity contribution is 5.35. The number of likely N-dealkylation sites (tertiary alicyclic amines) is 1. The Morgan fingerprint density at radius 1 is 1.29 bits per heavy atom. The summed E-state index contributed by atoms with van der Waals surface area (Å²) in [6, 6.07) is 7.03. The topological polar surface area (TPSA) is 31.4 Å². The Balaban J connectivity index is 1.88. The van der Waals surface area contributed by atoms with Crippen LogP contribution < -0.4 is 5.32 Å². The van der Waals surface area contributed by atoms with Crippen LogP contribution in [0.25, 0.3) is 0 Å². The second kappa shape index (κ2) is 8.35. The van der Waals surface area contributed by atoms with Crippen LogP contribution in [0.5, 0.6) is 0 Å². The van der Waals surface area contributed by atoms with Gasteiger partial charge in [-0.3, -0.25) is 9.80 Å². The molecule has 0 amide bonds. The van der Waals surface area contributed by atoms with Crippen molar-refractivity contribution in [1.29, 1.82) is 0 Å². The lowest BCUT2D eigenvalue weighted by Crippen LogP contribution is -2.37. The molecule has 1 atom stereocenters. The minimum Gasteiger partial charge on any atom is -0.370 e. The van der Waals surface area contributed by atoms with Crippen molar-refractivity contribution < 1.29 is 0 Å². The van der Waals surface area contributed by atoms with Crippen LogP contribution in [0, 0.1) is 0 Å². The van der Waals surface area contributed by atoms with Gasteiger partial charge in [0.15, 0.2) is 0 Å². The average molecular weight is 290 g/mol. The van der Waals surface area contributed by atoms with Gasteiger partial charge in [0.05, 0.1) is 5.69 Å². The lowest BCUT2D eigenvalue weighted by atomic mass is 10.2. The molecular weight excluding hydrogens is 260 g/mol. The van der Waals surface area contributed by atoms with Crippen molar-refractivity contribution in [2.45, 2.75) is 46.2 Å². The quantitative estimate of drug-likeness (QED) is 0.798. The van der Waals surface area contributed by atoms with Crippen LogP contribution in [-0.4, -0.2) is 53.5 Å². The first-order valence-corrected chi connectivity index (χ1v) is 8.43. The van der Waals surface area contributed by atoms with Crippen LogP contribution >= 0.6 is 0 Å². The predicted octanol–water partition coefficient (Wildman–Crippen LogP) is 2.82. The number of nitrogens with one attached hydrogen (secondary N) is 1. The lowest BCUT2D eigenvalue weighted by molar-refractivity contribution is 0.208. The van der Waals surface area contributed by atoms with Gasteiger partial charge in [-0.1, -0.05) is 26.8 Å². The lowest BCUT2D eigenvalue weighted by Gasteiger charge is -2.26. The summed E-state index contributed by atoms with van der Waals surface area (Å²) in [5, 5.41) is 3.37. The Labute approximate surface area is 129 Å². The minimum absolute atomic E-state index is 0.724. The van der Waals surface area contributed by atoms with E-state index in [9.17, 15) is 0 Å². The molecule has 1 aromatic heterocycles. The molecule has 1 saturated heterocycles. The summed E-state index contributed by atoms with van der Waals surface area (Å²) in [6.07, 6.45) is 2.42. The summed E-state index contributed by atoms with van der Waals surface area (Å²) < 4.78 is 0. The van der Waals surface area contributed by atoms with Gasteiger partial charge < -0.3 is 5.32 Å². The van der Waals surface area contributed by atoms with Crippen molar-refractivity contribution in [3.63, 3.8) is 0 Å². The molecule has 1 unspecified atom stereocenters. The number of pyridine rings is 1. The summed E-state index contributed by atoms with van der Waals surface area (Å²) in [4.78, 5) is 9.83. The first-order chi connectivity index (χ1) is 10.3. The molecule has 118 valence electrons. The number of nitrogens with zero attached hydrogens (tertiary/aromatic N) is 3. The highest BCUT2D eigenvalue weighted by Crippen LogP contribution is 2.18. The van der Waals surface area contributed by atoms with Crippen LogP contribution in [0.2, 0.25) is 0 Å². The number of hydrogen-bond acceptors (Lipinski definition) is 4. The third-order valence-electron chi connectivity index (χ3n) is 4.32. The molecule has 0 bridgehead atoms. The standard InChI is InChI=1S/C17H30N4/c1-4-11-18-17-9-7-8-15(19-17)13-20-12-10-16(14-20)21(5-2)6-3/h7-9,16H,4-6,10-14H2,1-3H3,(H,18,19). The van der Waals surface area contributed by atoms with Crippen molar-refractivity contribution in [3.8, 4) is 0 Å². The zero-order valence-electron chi connectivity index (χ0n) is 13.8. The second-order valence-electron chi connectivity index (χ2n) is 5.84. The molecular formula is C17H30N4. The normalized spacial score (nSPS) is 19.3. The fourth-order valence-electron chi connectivity index (χ4n) is 3.14. The molecule has 1 fully saturated rings. The highest BCUT2D eigenvalue weighted by atomic mass is 15.2. The van der Waals surface area contributed by atoms with E-state index in [1.807, 2.05) is 0 Å². The molecule has 0 radical (unpaired) electrons. The van der Waals surface area contributed by atoms with Crippen molar-refractivity contribution in [3.05, 3.63) is 23.9 Å². The first-order valence-electron chi connectivity index (χ1n) is 8.43. The van der Waals surface area contributed by atoms with E-state index in [1.165, 1.54) is 25.2 Å². The van der Waals surface area contributed by atoms with E-state index in [4.69, 9.17) is 4.98 Å². The first kappa shape index (κ1) is 16.2. The molecule has 4 heteroatoms. The molecule has 1 aliphatic heterocycles. The number of aromatic nitrogens is 1. The minimum atomic E-state index is 0.724. The summed E-state index contributed by atoms with van der Waals surface area (Å²) >= 11 is 0. The molecule has 1 aliphatic rings. The Hall–Kier alpha value is -1.13. The van der Waals surface area contributed by atoms with Gasteiger partial charge in [0, 0.05) is 32.2 Å². The van der Waals surface area contributed by atoms with E-state index in [2.05, 4.69) is 54.1 Å². The molecule has 1 aromatic rings. The molecule has 2 rings (SSSR count). The van der Waals surface area contributed by atoms with E-state index < -0.39 is 0 Å². The van der Waals surface area contributed by atoms with E-state index in [0.717, 1.165) is 44.5 Å². The predicted molar refractivity (Wildman–Crippen MR) is 89.6 cm³/mol. The summed E-state index contributed by atoms with van der Waals surface area (Å²) in [7, 11) is 0. The maximum Gasteiger partial charge on any atom is 0.126 e. The van der Waals surface area contributed by atoms with Gasteiger partial charge in [-0.25, -0.2) is 4.98 Å². The van der Waals surface area contributed by atoms with Crippen LogP contribution in [0.4, 0.5) is 5.82 Å². The maximum atomic E-state index is 4.72. The van der Waals surface area contributed by atoms with Gasteiger partial charge in [0.25, 0.3) is 0 Å². The largest absolute Gasteiger partial charge is 0.370 e. The zero-order valence-corrected chi connectivity index (χ0v) is 13.8. The van der Waals surface area contributed by atoms with Gasteiger partial charge in [-0.15, -0.1) is 0 Å². The SMILES string of the molecule is CCCNc1cccc(CN2CCC(N(CC)CC)C2)n1. The number of anilines is 1. The smallest absolute Gasteiger partial charge is 0.126 e. The van der Waals surface area contributed by atoms with Crippen LogP contribution in [0.15, 0.2) is 18.2 Å². The van der Waals surface area contributed by atoms with E-state index in [0.29, 0.717) is 0 Å². The van der Waals surface area contributed by atoms with Crippen molar-refractivity contribution >= 4 is 5.82 Å². The van der Waals surface area contributed by atoms with Crippen molar-refractivity contribution in [1.82, 2.24) is 14.8 Å². The maximum absolute atomic E-state index is 4.72. The van der Waals surface area contributed by atoms with Crippen LogP contribution in [-0.2, 0) is 6.54 Å². The van der Waals surface area contributed by atoms with Gasteiger partial charge in [-0.05, 0) is 38.1 Å². The zero-order chi connectivity index (χ0) is 15.1. The number of rotatable bonds is 8. The molecule has 0 spiro atoms. The Morgan fingerprint density at radius 3 is 2.81 bits per heavy atom. The molecule has 0 saturated carbocycles.